The average molecular weight is 371 g/mol. The Morgan fingerprint density at radius 3 is 2.38 bits per heavy atom. The van der Waals surface area contributed by atoms with Crippen LogP contribution in [0.4, 0.5) is 0 Å². The fourth-order valence-corrected chi connectivity index (χ4v) is 2.86. The van der Waals surface area contributed by atoms with Gasteiger partial charge in [-0.05, 0) is 36.8 Å². The molecule has 1 heterocycles. The molecule has 3 rings (SSSR count). The van der Waals surface area contributed by atoms with E-state index in [1.165, 1.54) is 21.4 Å². The largest absolute Gasteiger partial charge is 0.492 e. The Balaban J connectivity index is 1.78. The molecule has 26 heavy (non-hydrogen) atoms. The first-order chi connectivity index (χ1) is 12.6. The van der Waals surface area contributed by atoms with Gasteiger partial charge < -0.3 is 4.74 Å². The Morgan fingerprint density at radius 1 is 1.00 bits per heavy atom. The van der Waals surface area contributed by atoms with Crippen LogP contribution in [0.1, 0.15) is 18.5 Å². The molecule has 0 fully saturated rings. The van der Waals surface area contributed by atoms with Crippen LogP contribution in [0.25, 0.3) is 0 Å². The molecule has 0 amide bonds. The standard InChI is InChI=1S/C20H19ClN2O3/c1-15(16-5-3-2-4-6-16)23-19(24)11-12-22(20(23)25)13-14-26-18-9-7-17(21)8-10-18/h2-12,15H,13-14H2,1H3/t15-/m0/s1. The van der Waals surface area contributed by atoms with E-state index in [0.29, 0.717) is 23.9 Å². The summed E-state index contributed by atoms with van der Waals surface area (Å²) >= 11 is 5.84. The summed E-state index contributed by atoms with van der Waals surface area (Å²) in [7, 11) is 0. The molecule has 0 radical (unpaired) electrons. The lowest BCUT2D eigenvalue weighted by Gasteiger charge is -2.16. The van der Waals surface area contributed by atoms with Crippen molar-refractivity contribution in [3.63, 3.8) is 0 Å². The van der Waals surface area contributed by atoms with E-state index in [0.717, 1.165) is 5.56 Å². The summed E-state index contributed by atoms with van der Waals surface area (Å²) in [6, 6.07) is 17.6. The first-order valence-electron chi connectivity index (χ1n) is 8.31. The molecule has 0 aliphatic carbocycles. The van der Waals surface area contributed by atoms with Crippen molar-refractivity contribution in [1.82, 2.24) is 9.13 Å². The summed E-state index contributed by atoms with van der Waals surface area (Å²) < 4.78 is 8.37. The van der Waals surface area contributed by atoms with Crippen LogP contribution >= 0.6 is 11.6 Å². The van der Waals surface area contributed by atoms with E-state index < -0.39 is 0 Å². The quantitative estimate of drug-likeness (QED) is 0.668. The first-order valence-corrected chi connectivity index (χ1v) is 8.69. The third-order valence-electron chi connectivity index (χ3n) is 4.17. The average Bonchev–Trinajstić information content (AvgIpc) is 2.66. The van der Waals surface area contributed by atoms with Gasteiger partial charge in [-0.2, -0.15) is 0 Å². The van der Waals surface area contributed by atoms with Gasteiger partial charge in [-0.3, -0.25) is 13.9 Å². The van der Waals surface area contributed by atoms with Crippen LogP contribution in [-0.2, 0) is 6.54 Å². The SMILES string of the molecule is C[C@@H](c1ccccc1)n1c(=O)ccn(CCOc2ccc(Cl)cc2)c1=O. The lowest BCUT2D eigenvalue weighted by atomic mass is 10.1. The predicted molar refractivity (Wildman–Crippen MR) is 102 cm³/mol. The Labute approximate surface area is 156 Å². The lowest BCUT2D eigenvalue weighted by Crippen LogP contribution is -2.41. The minimum absolute atomic E-state index is 0.305. The molecule has 0 aliphatic heterocycles. The monoisotopic (exact) mass is 370 g/mol. The second kappa shape index (κ2) is 8.06. The van der Waals surface area contributed by atoms with E-state index in [4.69, 9.17) is 16.3 Å². The molecular formula is C20H19ClN2O3. The summed E-state index contributed by atoms with van der Waals surface area (Å²) in [6.45, 7) is 2.48. The zero-order chi connectivity index (χ0) is 18.5. The van der Waals surface area contributed by atoms with Crippen LogP contribution in [0.3, 0.4) is 0 Å². The van der Waals surface area contributed by atoms with Crippen molar-refractivity contribution in [1.29, 1.82) is 0 Å². The van der Waals surface area contributed by atoms with Crippen molar-refractivity contribution >= 4 is 11.6 Å². The Morgan fingerprint density at radius 2 is 1.69 bits per heavy atom. The second-order valence-electron chi connectivity index (χ2n) is 5.89. The summed E-state index contributed by atoms with van der Waals surface area (Å²) in [4.78, 5) is 25.0. The summed E-state index contributed by atoms with van der Waals surface area (Å²) in [6.07, 6.45) is 1.50. The zero-order valence-electron chi connectivity index (χ0n) is 14.3. The van der Waals surface area contributed by atoms with Crippen molar-refractivity contribution in [2.45, 2.75) is 19.5 Å². The van der Waals surface area contributed by atoms with Crippen LogP contribution in [0.5, 0.6) is 5.75 Å². The van der Waals surface area contributed by atoms with Crippen LogP contribution in [-0.4, -0.2) is 15.7 Å². The van der Waals surface area contributed by atoms with Gasteiger partial charge in [0.2, 0.25) is 0 Å². The van der Waals surface area contributed by atoms with Crippen molar-refractivity contribution < 1.29 is 4.74 Å². The smallest absolute Gasteiger partial charge is 0.331 e. The Kier molecular flexibility index (Phi) is 5.58. The van der Waals surface area contributed by atoms with E-state index in [9.17, 15) is 9.59 Å². The third-order valence-corrected chi connectivity index (χ3v) is 4.42. The summed E-state index contributed by atoms with van der Waals surface area (Å²) in [5, 5.41) is 0.635. The van der Waals surface area contributed by atoms with Gasteiger partial charge in [-0.25, -0.2) is 4.79 Å². The molecule has 2 aromatic carbocycles. The van der Waals surface area contributed by atoms with Gasteiger partial charge in [0.1, 0.15) is 12.4 Å². The number of benzene rings is 2. The van der Waals surface area contributed by atoms with Crippen LogP contribution < -0.4 is 16.0 Å². The molecule has 0 saturated heterocycles. The first kappa shape index (κ1) is 18.0. The normalized spacial score (nSPS) is 11.9. The van der Waals surface area contributed by atoms with Crippen LogP contribution in [0.2, 0.25) is 5.02 Å². The molecule has 0 saturated carbocycles. The highest BCUT2D eigenvalue weighted by molar-refractivity contribution is 6.30. The van der Waals surface area contributed by atoms with E-state index >= 15 is 0 Å². The Bertz CT molecular complexity index is 978. The highest BCUT2D eigenvalue weighted by atomic mass is 35.5. The molecule has 3 aromatic rings. The molecule has 6 heteroatoms. The van der Waals surface area contributed by atoms with Gasteiger partial charge in [-0.15, -0.1) is 0 Å². The molecule has 0 unspecified atom stereocenters. The van der Waals surface area contributed by atoms with Gasteiger partial charge in [0, 0.05) is 17.3 Å². The molecule has 5 nitrogen and oxygen atoms in total. The topological polar surface area (TPSA) is 53.2 Å². The lowest BCUT2D eigenvalue weighted by molar-refractivity contribution is 0.292. The number of rotatable bonds is 6. The molecule has 1 aromatic heterocycles. The molecule has 0 bridgehead atoms. The molecule has 0 aliphatic rings. The number of halogens is 1. The second-order valence-corrected chi connectivity index (χ2v) is 6.33. The number of nitrogens with zero attached hydrogens (tertiary/aromatic N) is 2. The Hall–Kier alpha value is -2.79. The third kappa shape index (κ3) is 4.06. The van der Waals surface area contributed by atoms with E-state index in [-0.39, 0.29) is 17.3 Å². The molecule has 1 atom stereocenters. The highest BCUT2D eigenvalue weighted by Gasteiger charge is 2.14. The fourth-order valence-electron chi connectivity index (χ4n) is 2.73. The van der Waals surface area contributed by atoms with Crippen LogP contribution in [0, 0.1) is 0 Å². The fraction of sp³-hybridized carbons (Fsp3) is 0.200. The maximum atomic E-state index is 12.7. The maximum Gasteiger partial charge on any atom is 0.331 e. The zero-order valence-corrected chi connectivity index (χ0v) is 15.1. The van der Waals surface area contributed by atoms with E-state index in [1.807, 2.05) is 37.3 Å². The number of ether oxygens (including phenoxy) is 1. The van der Waals surface area contributed by atoms with Gasteiger partial charge >= 0.3 is 5.69 Å². The number of hydrogen-bond donors (Lipinski definition) is 0. The number of hydrogen-bond acceptors (Lipinski definition) is 3. The highest BCUT2D eigenvalue weighted by Crippen LogP contribution is 2.15. The molecule has 0 spiro atoms. The summed E-state index contributed by atoms with van der Waals surface area (Å²) in [5.74, 6) is 0.674. The van der Waals surface area contributed by atoms with Gasteiger partial charge in [0.05, 0.1) is 12.6 Å². The molecule has 0 N–H and O–H groups in total. The van der Waals surface area contributed by atoms with Gasteiger partial charge in [0.15, 0.2) is 0 Å². The van der Waals surface area contributed by atoms with E-state index in [2.05, 4.69) is 0 Å². The maximum absolute atomic E-state index is 12.7. The van der Waals surface area contributed by atoms with Crippen molar-refractivity contribution in [3.05, 3.63) is 98.3 Å². The minimum Gasteiger partial charge on any atom is -0.492 e. The summed E-state index contributed by atoms with van der Waals surface area (Å²) in [5.41, 5.74) is 0.233. The van der Waals surface area contributed by atoms with Crippen LogP contribution in [0.15, 0.2) is 76.4 Å². The minimum atomic E-state index is -0.353. The van der Waals surface area contributed by atoms with Crippen molar-refractivity contribution in [2.24, 2.45) is 0 Å². The predicted octanol–water partition coefficient (Wildman–Crippen LogP) is 3.35. The number of aromatic nitrogens is 2. The van der Waals surface area contributed by atoms with E-state index in [1.54, 1.807) is 24.3 Å². The van der Waals surface area contributed by atoms with Gasteiger partial charge in [0.25, 0.3) is 5.56 Å². The molecular weight excluding hydrogens is 352 g/mol. The van der Waals surface area contributed by atoms with Crippen molar-refractivity contribution in [2.75, 3.05) is 6.61 Å². The van der Waals surface area contributed by atoms with Gasteiger partial charge in [-0.1, -0.05) is 41.9 Å². The van der Waals surface area contributed by atoms with Crippen molar-refractivity contribution in [3.8, 4) is 5.75 Å². The molecule has 134 valence electrons.